The highest BCUT2D eigenvalue weighted by molar-refractivity contribution is 5.86. The molecule has 1 saturated carbocycles. The van der Waals surface area contributed by atoms with Gasteiger partial charge in [0.1, 0.15) is 0 Å². The molecule has 4 heteroatoms. The molecule has 1 fully saturated rings. The summed E-state index contributed by atoms with van der Waals surface area (Å²) in [6, 6.07) is 7.94. The Morgan fingerprint density at radius 2 is 2.05 bits per heavy atom. The number of amides is 1. The number of aromatic amines is 1. The molecule has 3 rings (SSSR count). The molecule has 1 amide bonds. The van der Waals surface area contributed by atoms with Gasteiger partial charge in [0.15, 0.2) is 0 Å². The van der Waals surface area contributed by atoms with Crippen LogP contribution < -0.4 is 11.1 Å². The normalized spacial score (nSPS) is 17.8. The van der Waals surface area contributed by atoms with E-state index in [0.717, 1.165) is 29.3 Å². The van der Waals surface area contributed by atoms with Crippen molar-refractivity contribution in [2.45, 2.75) is 50.6 Å². The Kier molecular flexibility index (Phi) is 4.25. The van der Waals surface area contributed by atoms with Crippen LogP contribution in [0.15, 0.2) is 30.5 Å². The number of fused-ring (bicyclic) bond motifs is 1. The summed E-state index contributed by atoms with van der Waals surface area (Å²) in [6.07, 6.45) is 8.41. The van der Waals surface area contributed by atoms with Crippen LogP contribution in [0.2, 0.25) is 0 Å². The minimum atomic E-state index is -0.480. The monoisotopic (exact) mass is 285 g/mol. The van der Waals surface area contributed by atoms with Gasteiger partial charge in [0.2, 0.25) is 5.91 Å². The number of rotatable bonds is 4. The number of nitrogens with two attached hydrogens (primary N) is 1. The van der Waals surface area contributed by atoms with E-state index >= 15 is 0 Å². The minimum Gasteiger partial charge on any atom is -0.361 e. The number of carbonyl (C=O) groups is 1. The fourth-order valence-corrected chi connectivity index (χ4v) is 3.19. The molecule has 1 aromatic carbocycles. The van der Waals surface area contributed by atoms with Crippen molar-refractivity contribution in [3.8, 4) is 0 Å². The summed E-state index contributed by atoms with van der Waals surface area (Å²) >= 11 is 0. The predicted molar refractivity (Wildman–Crippen MR) is 85.0 cm³/mol. The Morgan fingerprint density at radius 1 is 1.29 bits per heavy atom. The van der Waals surface area contributed by atoms with Gasteiger partial charge >= 0.3 is 0 Å². The number of benzene rings is 1. The Bertz CT molecular complexity index is 613. The highest BCUT2D eigenvalue weighted by atomic mass is 16.2. The van der Waals surface area contributed by atoms with Crippen molar-refractivity contribution < 1.29 is 4.79 Å². The van der Waals surface area contributed by atoms with Gasteiger partial charge in [-0.05, 0) is 30.9 Å². The van der Waals surface area contributed by atoms with E-state index in [1.54, 1.807) is 0 Å². The van der Waals surface area contributed by atoms with Crippen LogP contribution >= 0.6 is 0 Å². The second kappa shape index (κ2) is 6.31. The van der Waals surface area contributed by atoms with Crippen molar-refractivity contribution in [1.29, 1.82) is 0 Å². The molecule has 0 spiro atoms. The van der Waals surface area contributed by atoms with E-state index < -0.39 is 6.04 Å². The maximum absolute atomic E-state index is 12.2. The Balaban J connectivity index is 1.62. The lowest BCUT2D eigenvalue weighted by atomic mass is 9.95. The van der Waals surface area contributed by atoms with Gasteiger partial charge in [0, 0.05) is 23.1 Å². The van der Waals surface area contributed by atoms with Crippen LogP contribution in [0.25, 0.3) is 10.9 Å². The SMILES string of the molecule is NC(Cc1c[nH]c2ccccc12)C(=O)NC1CCCCC1. The van der Waals surface area contributed by atoms with Crippen molar-refractivity contribution in [3.63, 3.8) is 0 Å². The van der Waals surface area contributed by atoms with Crippen molar-refractivity contribution in [1.82, 2.24) is 10.3 Å². The third-order valence-corrected chi connectivity index (χ3v) is 4.40. The van der Waals surface area contributed by atoms with Crippen molar-refractivity contribution >= 4 is 16.8 Å². The van der Waals surface area contributed by atoms with E-state index in [-0.39, 0.29) is 5.91 Å². The molecule has 0 radical (unpaired) electrons. The van der Waals surface area contributed by atoms with Crippen LogP contribution in [0.5, 0.6) is 0 Å². The molecule has 0 saturated heterocycles. The van der Waals surface area contributed by atoms with E-state index in [9.17, 15) is 4.79 Å². The summed E-state index contributed by atoms with van der Waals surface area (Å²) in [4.78, 5) is 15.5. The van der Waals surface area contributed by atoms with E-state index in [2.05, 4.69) is 16.4 Å². The first-order valence-corrected chi connectivity index (χ1v) is 7.85. The number of hydrogen-bond acceptors (Lipinski definition) is 2. The number of aromatic nitrogens is 1. The van der Waals surface area contributed by atoms with Crippen molar-refractivity contribution in [2.75, 3.05) is 0 Å². The quantitative estimate of drug-likeness (QED) is 0.807. The average molecular weight is 285 g/mol. The Labute approximate surface area is 125 Å². The van der Waals surface area contributed by atoms with Crippen LogP contribution in [0.4, 0.5) is 0 Å². The molecule has 112 valence electrons. The zero-order chi connectivity index (χ0) is 14.7. The van der Waals surface area contributed by atoms with Gasteiger partial charge in [0.05, 0.1) is 6.04 Å². The second-order valence-electron chi connectivity index (χ2n) is 6.01. The summed E-state index contributed by atoms with van der Waals surface area (Å²) in [5, 5.41) is 4.26. The number of H-pyrrole nitrogens is 1. The van der Waals surface area contributed by atoms with Crippen LogP contribution in [-0.2, 0) is 11.2 Å². The van der Waals surface area contributed by atoms with Gasteiger partial charge in [-0.1, -0.05) is 37.5 Å². The van der Waals surface area contributed by atoms with Gasteiger partial charge in [-0.25, -0.2) is 0 Å². The molecular formula is C17H23N3O. The molecule has 0 bridgehead atoms. The maximum atomic E-state index is 12.2. The number of carbonyl (C=O) groups excluding carboxylic acids is 1. The second-order valence-corrected chi connectivity index (χ2v) is 6.01. The zero-order valence-corrected chi connectivity index (χ0v) is 12.3. The van der Waals surface area contributed by atoms with Gasteiger partial charge in [-0.15, -0.1) is 0 Å². The molecular weight excluding hydrogens is 262 g/mol. The number of para-hydroxylation sites is 1. The summed E-state index contributed by atoms with van der Waals surface area (Å²) in [6.45, 7) is 0. The zero-order valence-electron chi connectivity index (χ0n) is 12.3. The largest absolute Gasteiger partial charge is 0.361 e. The van der Waals surface area contributed by atoms with Gasteiger partial charge in [-0.3, -0.25) is 4.79 Å². The first-order chi connectivity index (χ1) is 10.2. The third-order valence-electron chi connectivity index (χ3n) is 4.40. The topological polar surface area (TPSA) is 70.9 Å². The summed E-state index contributed by atoms with van der Waals surface area (Å²) in [5.74, 6) is -0.0211. The molecule has 0 aliphatic heterocycles. The van der Waals surface area contributed by atoms with E-state index in [1.165, 1.54) is 19.3 Å². The van der Waals surface area contributed by atoms with Gasteiger partial charge in [0.25, 0.3) is 0 Å². The number of nitrogens with one attached hydrogen (secondary N) is 2. The Hall–Kier alpha value is -1.81. The summed E-state index contributed by atoms with van der Waals surface area (Å²) in [7, 11) is 0. The fourth-order valence-electron chi connectivity index (χ4n) is 3.19. The predicted octanol–water partition coefficient (Wildman–Crippen LogP) is 2.49. The molecule has 1 aliphatic carbocycles. The lowest BCUT2D eigenvalue weighted by molar-refractivity contribution is -0.123. The molecule has 21 heavy (non-hydrogen) atoms. The standard InChI is InChI=1S/C17H23N3O/c18-15(17(21)20-13-6-2-1-3-7-13)10-12-11-19-16-9-5-4-8-14(12)16/h4-5,8-9,11,13,15,19H,1-3,6-7,10,18H2,(H,20,21). The smallest absolute Gasteiger partial charge is 0.237 e. The fraction of sp³-hybridized carbons (Fsp3) is 0.471. The lowest BCUT2D eigenvalue weighted by Gasteiger charge is -2.24. The molecule has 1 unspecified atom stereocenters. The molecule has 1 aliphatic rings. The van der Waals surface area contributed by atoms with Crippen molar-refractivity contribution in [2.24, 2.45) is 5.73 Å². The lowest BCUT2D eigenvalue weighted by Crippen LogP contribution is -2.46. The summed E-state index contributed by atoms with van der Waals surface area (Å²) in [5.41, 5.74) is 8.29. The molecule has 1 heterocycles. The first kappa shape index (κ1) is 14.1. The first-order valence-electron chi connectivity index (χ1n) is 7.85. The van der Waals surface area contributed by atoms with Gasteiger partial charge < -0.3 is 16.0 Å². The van der Waals surface area contributed by atoms with Crippen LogP contribution in [0.3, 0.4) is 0 Å². The van der Waals surface area contributed by atoms with E-state index in [1.807, 2.05) is 24.4 Å². The molecule has 4 N–H and O–H groups in total. The van der Waals surface area contributed by atoms with E-state index in [4.69, 9.17) is 5.73 Å². The van der Waals surface area contributed by atoms with E-state index in [0.29, 0.717) is 12.5 Å². The van der Waals surface area contributed by atoms with Crippen molar-refractivity contribution in [3.05, 3.63) is 36.0 Å². The highest BCUT2D eigenvalue weighted by Crippen LogP contribution is 2.20. The Morgan fingerprint density at radius 3 is 2.86 bits per heavy atom. The van der Waals surface area contributed by atoms with Crippen LogP contribution in [0, 0.1) is 0 Å². The maximum Gasteiger partial charge on any atom is 0.237 e. The highest BCUT2D eigenvalue weighted by Gasteiger charge is 2.20. The molecule has 2 aromatic rings. The summed E-state index contributed by atoms with van der Waals surface area (Å²) < 4.78 is 0. The third kappa shape index (κ3) is 3.27. The average Bonchev–Trinajstić information content (AvgIpc) is 2.91. The molecule has 4 nitrogen and oxygen atoms in total. The van der Waals surface area contributed by atoms with Gasteiger partial charge in [-0.2, -0.15) is 0 Å². The molecule has 1 aromatic heterocycles. The van der Waals surface area contributed by atoms with Crippen LogP contribution in [-0.4, -0.2) is 23.0 Å². The minimum absolute atomic E-state index is 0.0211. The van der Waals surface area contributed by atoms with Crippen LogP contribution in [0.1, 0.15) is 37.7 Å². The number of hydrogen-bond donors (Lipinski definition) is 3. The molecule has 1 atom stereocenters.